The van der Waals surface area contributed by atoms with Crippen LogP contribution in [0, 0.1) is 5.92 Å². The fourth-order valence-corrected chi connectivity index (χ4v) is 4.63. The highest BCUT2D eigenvalue weighted by atomic mass is 16.4. The second kappa shape index (κ2) is 11.4. The van der Waals surface area contributed by atoms with Crippen LogP contribution in [-0.2, 0) is 20.8 Å². The summed E-state index contributed by atoms with van der Waals surface area (Å²) >= 11 is 0. The van der Waals surface area contributed by atoms with Crippen molar-refractivity contribution >= 4 is 39.6 Å². The van der Waals surface area contributed by atoms with Gasteiger partial charge in [0.2, 0.25) is 11.8 Å². The van der Waals surface area contributed by atoms with Gasteiger partial charge >= 0.3 is 11.7 Å². The van der Waals surface area contributed by atoms with Gasteiger partial charge in [-0.3, -0.25) is 14.4 Å². The van der Waals surface area contributed by atoms with Crippen molar-refractivity contribution < 1.29 is 19.5 Å². The molecule has 0 saturated carbocycles. The predicted molar refractivity (Wildman–Crippen MR) is 146 cm³/mol. The first-order valence-corrected chi connectivity index (χ1v) is 12.7. The van der Waals surface area contributed by atoms with E-state index in [0.717, 1.165) is 15.5 Å². The molecule has 0 aliphatic carbocycles. The highest BCUT2D eigenvalue weighted by Gasteiger charge is 2.30. The van der Waals surface area contributed by atoms with Crippen LogP contribution in [0.5, 0.6) is 0 Å². The van der Waals surface area contributed by atoms with Crippen LogP contribution in [0.25, 0.3) is 21.8 Å². The maximum Gasteiger partial charge on any atom is 0.329 e. The number of carbonyl (C=O) groups is 3. The molecule has 0 aliphatic rings. The molecular weight excluding hydrogens is 502 g/mol. The summed E-state index contributed by atoms with van der Waals surface area (Å²) < 4.78 is 0.864. The molecule has 0 unspecified atom stereocenters. The quantitative estimate of drug-likeness (QED) is 0.209. The fourth-order valence-electron chi connectivity index (χ4n) is 4.63. The van der Waals surface area contributed by atoms with E-state index in [1.165, 1.54) is 6.92 Å². The van der Waals surface area contributed by atoms with Crippen LogP contribution in [0.15, 0.2) is 64.3 Å². The summed E-state index contributed by atoms with van der Waals surface area (Å²) in [6, 6.07) is 10.4. The van der Waals surface area contributed by atoms with E-state index in [2.05, 4.69) is 20.6 Å². The molecule has 0 saturated heterocycles. The molecule has 11 heteroatoms. The van der Waals surface area contributed by atoms with Gasteiger partial charge in [-0.2, -0.15) is 0 Å². The van der Waals surface area contributed by atoms with Gasteiger partial charge < -0.3 is 25.7 Å². The first-order valence-electron chi connectivity index (χ1n) is 12.7. The Labute approximate surface area is 223 Å². The summed E-state index contributed by atoms with van der Waals surface area (Å²) in [6.07, 6.45) is 1.91. The average Bonchev–Trinajstić information content (AvgIpc) is 3.30. The molecule has 0 spiro atoms. The van der Waals surface area contributed by atoms with Crippen LogP contribution < -0.4 is 21.9 Å². The Kier molecular flexibility index (Phi) is 7.99. The van der Waals surface area contributed by atoms with Crippen molar-refractivity contribution in [2.45, 2.75) is 51.7 Å². The minimum atomic E-state index is -1.30. The summed E-state index contributed by atoms with van der Waals surface area (Å²) in [5.74, 6) is -2.59. The summed E-state index contributed by atoms with van der Waals surface area (Å²) in [4.78, 5) is 70.4. The highest BCUT2D eigenvalue weighted by molar-refractivity contribution is 5.92. The smallest absolute Gasteiger partial charge is 0.329 e. The number of carbonyl (C=O) groups excluding carboxylic acids is 2. The highest BCUT2D eigenvalue weighted by Crippen LogP contribution is 2.22. The molecule has 2 aromatic carbocycles. The van der Waals surface area contributed by atoms with Gasteiger partial charge in [0.05, 0.1) is 10.9 Å². The number of para-hydroxylation sites is 2. The summed E-state index contributed by atoms with van der Waals surface area (Å²) in [6.45, 7) is 5.08. The number of nitrogens with one attached hydrogen (secondary N) is 4. The molecule has 4 rings (SSSR count). The topological polar surface area (TPSA) is 166 Å². The third-order valence-corrected chi connectivity index (χ3v) is 6.61. The van der Waals surface area contributed by atoms with E-state index in [4.69, 9.17) is 0 Å². The van der Waals surface area contributed by atoms with Crippen LogP contribution in [0.1, 0.15) is 38.8 Å². The van der Waals surface area contributed by atoms with E-state index in [-0.39, 0.29) is 24.1 Å². The van der Waals surface area contributed by atoms with Gasteiger partial charge in [-0.15, -0.1) is 0 Å². The molecular formula is C28H31N5O6. The first kappa shape index (κ1) is 27.4. The third-order valence-electron chi connectivity index (χ3n) is 6.61. The summed E-state index contributed by atoms with van der Waals surface area (Å²) in [5, 5.41) is 15.6. The Balaban J connectivity index is 1.69. The van der Waals surface area contributed by atoms with Crippen molar-refractivity contribution in [3.8, 4) is 0 Å². The molecule has 2 heterocycles. The predicted octanol–water partition coefficient (Wildman–Crippen LogP) is 2.08. The Morgan fingerprint density at radius 1 is 0.897 bits per heavy atom. The number of fused-ring (bicyclic) bond motifs is 2. The van der Waals surface area contributed by atoms with Crippen molar-refractivity contribution in [2.75, 3.05) is 0 Å². The van der Waals surface area contributed by atoms with Gasteiger partial charge in [0.1, 0.15) is 18.1 Å². The van der Waals surface area contributed by atoms with Gasteiger partial charge in [0.15, 0.2) is 0 Å². The zero-order chi connectivity index (χ0) is 28.3. The minimum Gasteiger partial charge on any atom is -0.480 e. The lowest BCUT2D eigenvalue weighted by Gasteiger charge is -2.23. The maximum absolute atomic E-state index is 13.6. The van der Waals surface area contributed by atoms with Crippen LogP contribution in [0.4, 0.5) is 0 Å². The lowest BCUT2D eigenvalue weighted by molar-refractivity contribution is -0.142. The zero-order valence-electron chi connectivity index (χ0n) is 21.9. The number of carboxylic acid groups (broad SMARTS) is 1. The van der Waals surface area contributed by atoms with Crippen molar-refractivity contribution in [3.05, 3.63) is 81.1 Å². The molecule has 0 aliphatic heterocycles. The number of benzene rings is 2. The molecule has 2 aromatic heterocycles. The number of aliphatic carboxylic acids is 1. The maximum atomic E-state index is 13.6. The number of amides is 2. The third kappa shape index (κ3) is 5.92. The second-order valence-corrected chi connectivity index (χ2v) is 9.99. The first-order chi connectivity index (χ1) is 18.6. The van der Waals surface area contributed by atoms with Crippen molar-refractivity contribution in [2.24, 2.45) is 5.92 Å². The largest absolute Gasteiger partial charge is 0.480 e. The van der Waals surface area contributed by atoms with E-state index in [1.54, 1.807) is 30.5 Å². The lowest BCUT2D eigenvalue weighted by Crippen LogP contribution is -2.53. The Bertz CT molecular complexity index is 1650. The molecule has 4 aromatic rings. The zero-order valence-corrected chi connectivity index (χ0v) is 21.9. The van der Waals surface area contributed by atoms with Crippen molar-refractivity contribution in [1.29, 1.82) is 0 Å². The molecule has 5 N–H and O–H groups in total. The number of nitrogens with zero attached hydrogens (tertiary/aromatic N) is 1. The summed E-state index contributed by atoms with van der Waals surface area (Å²) in [5.41, 5.74) is 0.454. The number of aromatic amines is 2. The van der Waals surface area contributed by atoms with Gasteiger partial charge in [-0.25, -0.2) is 14.2 Å². The lowest BCUT2D eigenvalue weighted by atomic mass is 10.0. The SMILES string of the molecule is CC(C)C[C@H](NC(=O)[C@H](C)NC(=O)[C@H](Cc1c[nH]c2ccccc12)n1c(=O)[nH]c2ccccc2c1=O)C(=O)O. The molecule has 39 heavy (non-hydrogen) atoms. The minimum absolute atomic E-state index is 0.0170. The molecule has 3 atom stereocenters. The number of hydrogen-bond acceptors (Lipinski definition) is 5. The Morgan fingerprint density at radius 3 is 2.21 bits per heavy atom. The Hall–Kier alpha value is -4.67. The van der Waals surface area contributed by atoms with Crippen LogP contribution in [0.2, 0.25) is 0 Å². The molecule has 0 fully saturated rings. The number of hydrogen-bond donors (Lipinski definition) is 5. The monoisotopic (exact) mass is 533 g/mol. The van der Waals surface area contributed by atoms with Crippen LogP contribution in [0.3, 0.4) is 0 Å². The van der Waals surface area contributed by atoms with Crippen molar-refractivity contribution in [1.82, 2.24) is 25.2 Å². The fraction of sp³-hybridized carbons (Fsp3) is 0.321. The van der Waals surface area contributed by atoms with Gasteiger partial charge in [-0.1, -0.05) is 44.2 Å². The number of carboxylic acids is 1. The number of rotatable bonds is 10. The molecule has 2 amide bonds. The Morgan fingerprint density at radius 2 is 1.54 bits per heavy atom. The normalized spacial score (nSPS) is 13.7. The average molecular weight is 534 g/mol. The van der Waals surface area contributed by atoms with Crippen molar-refractivity contribution in [3.63, 3.8) is 0 Å². The standard InChI is InChI=1S/C28H31N5O6/c1-15(2)12-22(27(37)38)31-24(34)16(3)30-25(35)23(13-17-14-29-20-10-6-4-8-18(17)20)33-26(36)19-9-5-7-11-21(19)32-28(33)39/h4-11,14-16,22-23,29H,12-13H2,1-3H3,(H,30,35)(H,31,34)(H,32,39)(H,37,38)/t16-,22-,23-/m0/s1. The molecule has 204 valence electrons. The van der Waals surface area contributed by atoms with Crippen LogP contribution >= 0.6 is 0 Å². The van der Waals surface area contributed by atoms with E-state index in [0.29, 0.717) is 11.1 Å². The number of aromatic nitrogens is 3. The summed E-state index contributed by atoms with van der Waals surface area (Å²) in [7, 11) is 0. The van der Waals surface area contributed by atoms with E-state index >= 15 is 0 Å². The van der Waals surface area contributed by atoms with Gasteiger partial charge in [0, 0.05) is 23.5 Å². The van der Waals surface area contributed by atoms with E-state index < -0.39 is 47.2 Å². The van der Waals surface area contributed by atoms with Gasteiger partial charge in [-0.05, 0) is 43.0 Å². The molecule has 0 radical (unpaired) electrons. The molecule has 0 bridgehead atoms. The van der Waals surface area contributed by atoms with E-state index in [9.17, 15) is 29.1 Å². The second-order valence-electron chi connectivity index (χ2n) is 9.99. The van der Waals surface area contributed by atoms with Crippen LogP contribution in [-0.4, -0.2) is 49.5 Å². The molecule has 11 nitrogen and oxygen atoms in total. The van der Waals surface area contributed by atoms with Gasteiger partial charge in [0.25, 0.3) is 5.56 Å². The van der Waals surface area contributed by atoms with E-state index in [1.807, 2.05) is 38.1 Å². The number of H-pyrrole nitrogens is 2.